The summed E-state index contributed by atoms with van der Waals surface area (Å²) in [6, 6.07) is 6.57. The van der Waals surface area contributed by atoms with E-state index in [1.807, 2.05) is 12.3 Å². The van der Waals surface area contributed by atoms with Gasteiger partial charge in [-0.1, -0.05) is 12.1 Å². The number of nitrogens with one attached hydrogen (secondary N) is 1. The third-order valence-electron chi connectivity index (χ3n) is 3.22. The van der Waals surface area contributed by atoms with Crippen LogP contribution in [0.4, 0.5) is 5.13 Å². The fraction of sp³-hybridized carbons (Fsp3) is 0.214. The Balaban J connectivity index is 1.76. The summed E-state index contributed by atoms with van der Waals surface area (Å²) < 4.78 is 27.8. The first-order valence-corrected chi connectivity index (χ1v) is 9.06. The fourth-order valence-electron chi connectivity index (χ4n) is 2.22. The summed E-state index contributed by atoms with van der Waals surface area (Å²) >= 11 is 1.34. The lowest BCUT2D eigenvalue weighted by Crippen LogP contribution is -2.34. The van der Waals surface area contributed by atoms with Gasteiger partial charge >= 0.3 is 0 Å². The first-order chi connectivity index (χ1) is 10.9. The van der Waals surface area contributed by atoms with Gasteiger partial charge < -0.3 is 10.2 Å². The molecule has 0 unspecified atom stereocenters. The number of fused-ring (bicyclic) bond motifs is 1. The number of benzene rings is 1. The second kappa shape index (κ2) is 5.74. The summed E-state index contributed by atoms with van der Waals surface area (Å²) in [7, 11) is -2.06. The minimum atomic E-state index is -3.69. The van der Waals surface area contributed by atoms with E-state index in [2.05, 4.69) is 14.7 Å². The Morgan fingerprint density at radius 2 is 2.09 bits per heavy atom. The normalized spacial score (nSPS) is 15.0. The zero-order valence-electron chi connectivity index (χ0n) is 12.5. The second-order valence-electron chi connectivity index (χ2n) is 5.08. The van der Waals surface area contributed by atoms with Gasteiger partial charge in [0.1, 0.15) is 4.90 Å². The molecule has 0 radical (unpaired) electrons. The number of nitrogens with zero attached hydrogens (tertiary/aromatic N) is 3. The number of amidine groups is 1. The molecule has 0 saturated carbocycles. The zero-order chi connectivity index (χ0) is 16.6. The van der Waals surface area contributed by atoms with Crippen LogP contribution in [0.1, 0.15) is 11.3 Å². The molecule has 1 aliphatic rings. The van der Waals surface area contributed by atoms with Crippen LogP contribution in [0.3, 0.4) is 0 Å². The van der Waals surface area contributed by atoms with Gasteiger partial charge in [0, 0.05) is 18.0 Å². The molecule has 2 heterocycles. The molecule has 7 nitrogen and oxygen atoms in total. The van der Waals surface area contributed by atoms with E-state index in [9.17, 15) is 13.2 Å². The van der Waals surface area contributed by atoms with E-state index in [0.717, 1.165) is 5.69 Å². The number of likely N-dealkylation sites (N-methyl/N-ethyl adjacent to an activating group) is 1. The molecule has 0 bridgehead atoms. The topological polar surface area (TPSA) is 91.7 Å². The molecule has 1 N–H and O–H groups in total. The van der Waals surface area contributed by atoms with Crippen LogP contribution in [0.15, 0.2) is 38.9 Å². The Kier molecular flexibility index (Phi) is 3.90. The predicted octanol–water partition coefficient (Wildman–Crippen LogP) is 1.47. The van der Waals surface area contributed by atoms with Crippen molar-refractivity contribution in [3.63, 3.8) is 0 Å². The van der Waals surface area contributed by atoms with Crippen molar-refractivity contribution < 1.29 is 13.2 Å². The van der Waals surface area contributed by atoms with Gasteiger partial charge in [-0.05, 0) is 19.1 Å². The highest BCUT2D eigenvalue weighted by atomic mass is 32.2. The van der Waals surface area contributed by atoms with E-state index in [0.29, 0.717) is 10.7 Å². The van der Waals surface area contributed by atoms with E-state index in [1.165, 1.54) is 22.3 Å². The molecule has 3 rings (SSSR count). The third kappa shape index (κ3) is 3.10. The predicted molar refractivity (Wildman–Crippen MR) is 88.3 cm³/mol. The largest absolute Gasteiger partial charge is 0.349 e. The standard InChI is InChI=1S/C14H14N4O3S2/c1-9-8-22-14(15-9)16-12(19)7-18(2)13-10-5-3-4-6-11(10)23(20,21)17-13/h3-6,8H,7H2,1-2H3,(H,15,16,19). The highest BCUT2D eigenvalue weighted by Gasteiger charge is 2.30. The van der Waals surface area contributed by atoms with E-state index in [1.54, 1.807) is 25.2 Å². The number of hydrogen-bond acceptors (Lipinski definition) is 6. The Bertz CT molecular complexity index is 902. The summed E-state index contributed by atoms with van der Waals surface area (Å²) in [5, 5.41) is 5.04. The smallest absolute Gasteiger partial charge is 0.285 e. The number of aromatic nitrogens is 1. The summed E-state index contributed by atoms with van der Waals surface area (Å²) in [5.41, 5.74) is 1.34. The van der Waals surface area contributed by atoms with Crippen molar-refractivity contribution in [2.45, 2.75) is 11.8 Å². The van der Waals surface area contributed by atoms with Crippen LogP contribution in [0.5, 0.6) is 0 Å². The molecule has 1 aromatic carbocycles. The number of carbonyl (C=O) groups excluding carboxylic acids is 1. The molecular weight excluding hydrogens is 336 g/mol. The van der Waals surface area contributed by atoms with Crippen LogP contribution in [-0.4, -0.2) is 43.6 Å². The van der Waals surface area contributed by atoms with Crippen molar-refractivity contribution in [2.75, 3.05) is 18.9 Å². The number of anilines is 1. The highest BCUT2D eigenvalue weighted by molar-refractivity contribution is 7.90. The van der Waals surface area contributed by atoms with Crippen LogP contribution in [0, 0.1) is 6.92 Å². The number of amides is 1. The maximum atomic E-state index is 12.1. The van der Waals surface area contributed by atoms with Crippen molar-refractivity contribution in [1.82, 2.24) is 9.88 Å². The van der Waals surface area contributed by atoms with Gasteiger partial charge in [-0.25, -0.2) is 4.98 Å². The zero-order valence-corrected chi connectivity index (χ0v) is 14.1. The quantitative estimate of drug-likeness (QED) is 0.905. The SMILES string of the molecule is Cc1csc(NC(=O)CN(C)C2=NS(=O)(=O)c3ccccc32)n1. The fourth-order valence-corrected chi connectivity index (χ4v) is 4.18. The molecule has 120 valence electrons. The molecule has 0 aliphatic carbocycles. The molecule has 9 heteroatoms. The Morgan fingerprint density at radius 1 is 1.35 bits per heavy atom. The highest BCUT2D eigenvalue weighted by Crippen LogP contribution is 2.26. The van der Waals surface area contributed by atoms with Gasteiger partial charge in [-0.2, -0.15) is 8.42 Å². The van der Waals surface area contributed by atoms with Crippen molar-refractivity contribution in [3.05, 3.63) is 40.9 Å². The Hall–Kier alpha value is -2.26. The molecule has 0 saturated heterocycles. The molecule has 2 aromatic rings. The van der Waals surface area contributed by atoms with Crippen molar-refractivity contribution in [3.8, 4) is 0 Å². The van der Waals surface area contributed by atoms with Gasteiger partial charge in [-0.3, -0.25) is 4.79 Å². The van der Waals surface area contributed by atoms with Crippen molar-refractivity contribution >= 4 is 38.2 Å². The lowest BCUT2D eigenvalue weighted by Gasteiger charge is -2.17. The van der Waals surface area contributed by atoms with Gasteiger partial charge in [0.25, 0.3) is 10.0 Å². The lowest BCUT2D eigenvalue weighted by atomic mass is 10.2. The average molecular weight is 350 g/mol. The van der Waals surface area contributed by atoms with Gasteiger partial charge in [-0.15, -0.1) is 15.7 Å². The number of carbonyl (C=O) groups is 1. The Labute approximate surface area is 137 Å². The maximum absolute atomic E-state index is 12.1. The number of thiazole rings is 1. The van der Waals surface area contributed by atoms with Gasteiger partial charge in [0.05, 0.1) is 12.2 Å². The minimum absolute atomic E-state index is 0.0265. The van der Waals surface area contributed by atoms with Crippen molar-refractivity contribution in [2.24, 2.45) is 4.40 Å². The molecule has 1 amide bonds. The number of rotatable bonds is 3. The third-order valence-corrected chi connectivity index (χ3v) is 5.42. The monoisotopic (exact) mass is 350 g/mol. The molecule has 0 spiro atoms. The number of hydrogen-bond donors (Lipinski definition) is 1. The number of aryl methyl sites for hydroxylation is 1. The second-order valence-corrected chi connectivity index (χ2v) is 7.52. The molecule has 1 aliphatic heterocycles. The van der Waals surface area contributed by atoms with E-state index >= 15 is 0 Å². The van der Waals surface area contributed by atoms with Crippen LogP contribution >= 0.6 is 11.3 Å². The molecular formula is C14H14N4O3S2. The molecule has 1 aromatic heterocycles. The summed E-state index contributed by atoms with van der Waals surface area (Å²) in [5.74, 6) is -0.0163. The van der Waals surface area contributed by atoms with Crippen LogP contribution in [0.2, 0.25) is 0 Å². The van der Waals surface area contributed by atoms with Gasteiger partial charge in [0.2, 0.25) is 5.91 Å². The summed E-state index contributed by atoms with van der Waals surface area (Å²) in [6.07, 6.45) is 0. The minimum Gasteiger partial charge on any atom is -0.349 e. The van der Waals surface area contributed by atoms with E-state index in [-0.39, 0.29) is 23.2 Å². The van der Waals surface area contributed by atoms with Crippen LogP contribution in [-0.2, 0) is 14.8 Å². The average Bonchev–Trinajstić information content (AvgIpc) is 3.01. The van der Waals surface area contributed by atoms with Crippen molar-refractivity contribution in [1.29, 1.82) is 0 Å². The Morgan fingerprint density at radius 3 is 2.78 bits per heavy atom. The van der Waals surface area contributed by atoms with E-state index < -0.39 is 10.0 Å². The molecule has 23 heavy (non-hydrogen) atoms. The van der Waals surface area contributed by atoms with Crippen LogP contribution in [0.25, 0.3) is 0 Å². The first kappa shape index (κ1) is 15.6. The van der Waals surface area contributed by atoms with E-state index in [4.69, 9.17) is 0 Å². The van der Waals surface area contributed by atoms with Gasteiger partial charge in [0.15, 0.2) is 11.0 Å². The maximum Gasteiger partial charge on any atom is 0.285 e. The molecule has 0 fully saturated rings. The first-order valence-electron chi connectivity index (χ1n) is 6.74. The van der Waals surface area contributed by atoms with Crippen LogP contribution < -0.4 is 5.32 Å². The summed E-state index contributed by atoms with van der Waals surface area (Å²) in [6.45, 7) is 1.81. The number of sulfonamides is 1. The lowest BCUT2D eigenvalue weighted by molar-refractivity contribution is -0.116. The summed E-state index contributed by atoms with van der Waals surface area (Å²) in [4.78, 5) is 17.9. The molecule has 0 atom stereocenters.